The highest BCUT2D eigenvalue weighted by Gasteiger charge is 2.31. The van der Waals surface area contributed by atoms with Crippen molar-refractivity contribution in [3.8, 4) is 0 Å². The molecule has 1 aliphatic rings. The normalized spacial score (nSPS) is 17.0. The number of carboxylic acid groups (broad SMARTS) is 1. The third-order valence-corrected chi connectivity index (χ3v) is 5.94. The molecule has 0 amide bonds. The number of hydrogen-bond acceptors (Lipinski definition) is 4. The highest BCUT2D eigenvalue weighted by molar-refractivity contribution is 7.89. The van der Waals surface area contributed by atoms with Crippen molar-refractivity contribution >= 4 is 16.0 Å². The topological polar surface area (TPSA) is 83.9 Å². The summed E-state index contributed by atoms with van der Waals surface area (Å²) in [7, 11) is -1.80. The fourth-order valence-electron chi connectivity index (χ4n) is 2.33. The minimum Gasteiger partial charge on any atom is -0.478 e. The predicted molar refractivity (Wildman–Crippen MR) is 77.6 cm³/mol. The fraction of sp³-hybridized carbons (Fsp3) is 0.500. The number of aromatic carboxylic acids is 1. The van der Waals surface area contributed by atoms with Gasteiger partial charge in [0.2, 0.25) is 10.0 Å². The van der Waals surface area contributed by atoms with E-state index in [1.807, 2.05) is 0 Å². The second-order valence-corrected chi connectivity index (χ2v) is 7.43. The lowest BCUT2D eigenvalue weighted by molar-refractivity contribution is 0.0697. The van der Waals surface area contributed by atoms with Crippen LogP contribution in [0.2, 0.25) is 0 Å². The number of nitrogens with zero attached hydrogens (tertiary/aromatic N) is 1. The van der Waals surface area contributed by atoms with Gasteiger partial charge in [0.1, 0.15) is 0 Å². The molecule has 6 nitrogen and oxygen atoms in total. The van der Waals surface area contributed by atoms with Gasteiger partial charge in [-0.15, -0.1) is 0 Å². The van der Waals surface area contributed by atoms with Crippen LogP contribution in [0.15, 0.2) is 24.3 Å². The first-order valence-electron chi connectivity index (χ1n) is 6.76. The van der Waals surface area contributed by atoms with Gasteiger partial charge >= 0.3 is 5.97 Å². The summed E-state index contributed by atoms with van der Waals surface area (Å²) < 4.78 is 31.4. The zero-order valence-electron chi connectivity index (χ0n) is 11.9. The Labute approximate surface area is 124 Å². The van der Waals surface area contributed by atoms with Crippen molar-refractivity contribution in [2.24, 2.45) is 0 Å². The first-order valence-corrected chi connectivity index (χ1v) is 8.26. The number of sulfonamides is 1. The molecule has 0 spiro atoms. The summed E-state index contributed by atoms with van der Waals surface area (Å²) in [5, 5.41) is 8.44. The van der Waals surface area contributed by atoms with E-state index >= 15 is 0 Å². The molecule has 0 bridgehead atoms. The molecule has 0 unspecified atom stereocenters. The lowest BCUT2D eigenvalue weighted by Gasteiger charge is -2.27. The van der Waals surface area contributed by atoms with E-state index in [1.165, 1.54) is 16.4 Å². The van der Waals surface area contributed by atoms with Crippen LogP contribution in [0.4, 0.5) is 0 Å². The van der Waals surface area contributed by atoms with Crippen molar-refractivity contribution in [1.29, 1.82) is 0 Å². The standard InChI is InChI=1S/C14H19NO5S/c1-15(21(18,19)13-6-8-20-9-7-13)10-11-2-4-12(5-3-11)14(16)17/h2-5,13H,6-10H2,1H3,(H,16,17). The molecule has 0 atom stereocenters. The van der Waals surface area contributed by atoms with E-state index in [1.54, 1.807) is 19.2 Å². The van der Waals surface area contributed by atoms with Gasteiger partial charge in [-0.1, -0.05) is 12.1 Å². The van der Waals surface area contributed by atoms with E-state index in [-0.39, 0.29) is 12.1 Å². The van der Waals surface area contributed by atoms with Crippen molar-refractivity contribution in [1.82, 2.24) is 4.31 Å². The van der Waals surface area contributed by atoms with Crippen molar-refractivity contribution < 1.29 is 23.1 Å². The quantitative estimate of drug-likeness (QED) is 0.886. The zero-order chi connectivity index (χ0) is 15.5. The van der Waals surface area contributed by atoms with E-state index in [4.69, 9.17) is 9.84 Å². The number of hydrogen-bond donors (Lipinski definition) is 1. The van der Waals surface area contributed by atoms with Crippen molar-refractivity contribution in [3.05, 3.63) is 35.4 Å². The van der Waals surface area contributed by atoms with Gasteiger partial charge < -0.3 is 9.84 Å². The van der Waals surface area contributed by atoms with Gasteiger partial charge in [0.05, 0.1) is 10.8 Å². The van der Waals surface area contributed by atoms with Crippen LogP contribution < -0.4 is 0 Å². The fourth-order valence-corrected chi connectivity index (χ4v) is 3.95. The Bertz CT molecular complexity index is 590. The van der Waals surface area contributed by atoms with E-state index < -0.39 is 21.2 Å². The lowest BCUT2D eigenvalue weighted by Crippen LogP contribution is -2.38. The molecular weight excluding hydrogens is 294 g/mol. The Morgan fingerprint density at radius 2 is 1.86 bits per heavy atom. The number of carboxylic acids is 1. The summed E-state index contributed by atoms with van der Waals surface area (Å²) in [6.45, 7) is 1.19. The number of rotatable bonds is 5. The summed E-state index contributed by atoms with van der Waals surface area (Å²) in [5.74, 6) is -0.996. The van der Waals surface area contributed by atoms with E-state index in [0.29, 0.717) is 26.1 Å². The molecule has 21 heavy (non-hydrogen) atoms. The van der Waals surface area contributed by atoms with Gasteiger partial charge in [-0.2, -0.15) is 0 Å². The van der Waals surface area contributed by atoms with Crippen LogP contribution in [-0.2, 0) is 21.3 Å². The molecule has 1 aromatic rings. The Balaban J connectivity index is 2.05. The molecule has 1 N–H and O–H groups in total. The molecule has 0 aliphatic carbocycles. The maximum atomic E-state index is 12.4. The van der Waals surface area contributed by atoms with Gasteiger partial charge in [0.25, 0.3) is 0 Å². The summed E-state index contributed by atoms with van der Waals surface area (Å²) in [6.07, 6.45) is 1.04. The Kier molecular flexibility index (Phi) is 4.97. The minimum absolute atomic E-state index is 0.189. The Hall–Kier alpha value is -1.44. The molecule has 1 aliphatic heterocycles. The van der Waals surface area contributed by atoms with E-state index in [2.05, 4.69) is 0 Å². The molecular formula is C14H19NO5S. The molecule has 0 saturated carbocycles. The number of ether oxygens (including phenoxy) is 1. The summed E-state index contributed by atoms with van der Waals surface area (Å²) in [5.41, 5.74) is 0.951. The molecule has 1 saturated heterocycles. The van der Waals surface area contributed by atoms with Crippen LogP contribution in [0.1, 0.15) is 28.8 Å². The largest absolute Gasteiger partial charge is 0.478 e. The highest BCUT2D eigenvalue weighted by atomic mass is 32.2. The minimum atomic E-state index is -3.35. The van der Waals surface area contributed by atoms with Gasteiger partial charge in [-0.25, -0.2) is 17.5 Å². The first-order chi connectivity index (χ1) is 9.91. The van der Waals surface area contributed by atoms with E-state index in [9.17, 15) is 13.2 Å². The zero-order valence-corrected chi connectivity index (χ0v) is 12.7. The maximum absolute atomic E-state index is 12.4. The number of benzene rings is 1. The average Bonchev–Trinajstić information content (AvgIpc) is 2.48. The second-order valence-electron chi connectivity index (χ2n) is 5.11. The van der Waals surface area contributed by atoms with Gasteiger partial charge in [0, 0.05) is 26.8 Å². The van der Waals surface area contributed by atoms with Crippen LogP contribution in [0.5, 0.6) is 0 Å². The highest BCUT2D eigenvalue weighted by Crippen LogP contribution is 2.20. The first kappa shape index (κ1) is 15.9. The van der Waals surface area contributed by atoms with Crippen LogP contribution >= 0.6 is 0 Å². The van der Waals surface area contributed by atoms with Gasteiger partial charge in [-0.3, -0.25) is 0 Å². The Morgan fingerprint density at radius 1 is 1.29 bits per heavy atom. The second kappa shape index (κ2) is 6.55. The third kappa shape index (κ3) is 3.81. The lowest BCUT2D eigenvalue weighted by atomic mass is 10.1. The molecule has 116 valence electrons. The molecule has 7 heteroatoms. The monoisotopic (exact) mass is 313 g/mol. The Morgan fingerprint density at radius 3 is 2.38 bits per heavy atom. The molecule has 1 heterocycles. The summed E-state index contributed by atoms with van der Waals surface area (Å²) >= 11 is 0. The van der Waals surface area contributed by atoms with Crippen LogP contribution in [-0.4, -0.2) is 49.3 Å². The van der Waals surface area contributed by atoms with Gasteiger partial charge in [0.15, 0.2) is 0 Å². The molecule has 0 aromatic heterocycles. The number of carbonyl (C=O) groups is 1. The third-order valence-electron chi connectivity index (χ3n) is 3.63. The summed E-state index contributed by atoms with van der Waals surface area (Å²) in [4.78, 5) is 10.8. The molecule has 0 radical (unpaired) electrons. The maximum Gasteiger partial charge on any atom is 0.335 e. The molecule has 1 fully saturated rings. The van der Waals surface area contributed by atoms with Crippen molar-refractivity contribution in [3.63, 3.8) is 0 Å². The van der Waals surface area contributed by atoms with Crippen molar-refractivity contribution in [2.75, 3.05) is 20.3 Å². The van der Waals surface area contributed by atoms with Crippen LogP contribution in [0, 0.1) is 0 Å². The molecule has 1 aromatic carbocycles. The van der Waals surface area contributed by atoms with Crippen molar-refractivity contribution in [2.45, 2.75) is 24.6 Å². The van der Waals surface area contributed by atoms with Gasteiger partial charge in [-0.05, 0) is 30.5 Å². The predicted octanol–water partition coefficient (Wildman–Crippen LogP) is 1.33. The SMILES string of the molecule is CN(Cc1ccc(C(=O)O)cc1)S(=O)(=O)C1CCOCC1. The van der Waals surface area contributed by atoms with Crippen LogP contribution in [0.3, 0.4) is 0 Å². The smallest absolute Gasteiger partial charge is 0.335 e. The molecule has 2 rings (SSSR count). The average molecular weight is 313 g/mol. The van der Waals surface area contributed by atoms with Crippen LogP contribution in [0.25, 0.3) is 0 Å². The van der Waals surface area contributed by atoms with E-state index in [0.717, 1.165) is 5.56 Å². The summed E-state index contributed by atoms with van der Waals surface area (Å²) in [6, 6.07) is 6.23.